The fraction of sp³-hybridized carbons (Fsp3) is 0.385. The van der Waals surface area contributed by atoms with E-state index in [-0.39, 0.29) is 20.7 Å². The molecule has 1 aromatic carbocycles. The lowest BCUT2D eigenvalue weighted by molar-refractivity contribution is -0.170. The minimum Gasteiger partial charge on any atom is -0.456 e. The van der Waals surface area contributed by atoms with Crippen LogP contribution in [-0.2, 0) is 25.6 Å². The van der Waals surface area contributed by atoms with E-state index in [0.717, 1.165) is 5.56 Å². The lowest BCUT2D eigenvalue weighted by Crippen LogP contribution is -2.41. The van der Waals surface area contributed by atoms with Crippen LogP contribution in [0.4, 0.5) is 4.79 Å². The first kappa shape index (κ1) is 13.4. The van der Waals surface area contributed by atoms with Crippen LogP contribution in [-0.4, -0.2) is 37.9 Å². The van der Waals surface area contributed by atoms with Crippen LogP contribution < -0.4 is 5.32 Å². The molecule has 1 aliphatic rings. The van der Waals surface area contributed by atoms with Gasteiger partial charge in [-0.05, 0) is 5.56 Å². The van der Waals surface area contributed by atoms with Gasteiger partial charge in [-0.2, -0.15) is 0 Å². The van der Waals surface area contributed by atoms with Gasteiger partial charge in [0.05, 0.1) is 13.2 Å². The summed E-state index contributed by atoms with van der Waals surface area (Å²) in [6, 6.07) is 9.28. The summed E-state index contributed by atoms with van der Waals surface area (Å²) < 4.78 is 14.8. The molecule has 6 heteroatoms. The van der Waals surface area contributed by atoms with Crippen molar-refractivity contribution in [2.45, 2.75) is 12.7 Å². The molecule has 0 spiro atoms. The first-order chi connectivity index (χ1) is 9.24. The van der Waals surface area contributed by atoms with E-state index in [4.69, 9.17) is 14.2 Å². The Bertz CT molecular complexity index is 436. The largest absolute Gasteiger partial charge is 0.456 e. The lowest BCUT2D eigenvalue weighted by atomic mass is 10.2. The zero-order valence-electron chi connectivity index (χ0n) is 10.3. The number of alkyl carbamates (subject to hydrolysis) is 1. The van der Waals surface area contributed by atoms with Crippen molar-refractivity contribution in [3.63, 3.8) is 0 Å². The van der Waals surface area contributed by atoms with Crippen molar-refractivity contribution >= 4 is 12.1 Å². The molecule has 1 fully saturated rings. The maximum atomic E-state index is 11.3. The summed E-state index contributed by atoms with van der Waals surface area (Å²) in [5.41, 5.74) is 0.881. The number of nitrogens with one attached hydrogen (secondary N) is 1. The van der Waals surface area contributed by atoms with Gasteiger partial charge < -0.3 is 19.5 Å². The predicted octanol–water partition coefficient (Wildman–Crippen LogP) is 1.10. The molecule has 0 atom stereocenters. The van der Waals surface area contributed by atoms with Crippen LogP contribution >= 0.6 is 0 Å². The van der Waals surface area contributed by atoms with Crippen LogP contribution in [0.2, 0.25) is 0 Å². The number of amides is 1. The highest BCUT2D eigenvalue weighted by atomic mass is 16.6. The molecule has 0 radical (unpaired) electrons. The van der Waals surface area contributed by atoms with Crippen molar-refractivity contribution < 1.29 is 25.2 Å². The van der Waals surface area contributed by atoms with Crippen molar-refractivity contribution in [1.82, 2.24) is 5.32 Å². The van der Waals surface area contributed by atoms with Gasteiger partial charge in [0.2, 0.25) is 0 Å². The minimum atomic E-state index is -0.648. The molecule has 1 aromatic rings. The topological polar surface area (TPSA) is 73.9 Å². The summed E-state index contributed by atoms with van der Waals surface area (Å²) in [6.07, 6.45) is -0.833. The molecule has 1 amide bonds. The number of carbonyl (C=O) groups is 2. The zero-order valence-corrected chi connectivity index (χ0v) is 10.3. The van der Waals surface area contributed by atoms with E-state index < -0.39 is 12.1 Å². The minimum absolute atomic E-state index is 0. The van der Waals surface area contributed by atoms with Crippen molar-refractivity contribution in [2.24, 2.45) is 0 Å². The fourth-order valence-electron chi connectivity index (χ4n) is 1.43. The van der Waals surface area contributed by atoms with Crippen LogP contribution in [0.25, 0.3) is 0 Å². The van der Waals surface area contributed by atoms with Crippen molar-refractivity contribution in [2.75, 3.05) is 19.8 Å². The maximum absolute atomic E-state index is 11.3. The third kappa shape index (κ3) is 4.59. The van der Waals surface area contributed by atoms with Gasteiger partial charge in [-0.3, -0.25) is 4.79 Å². The Kier molecular flexibility index (Phi) is 4.74. The third-order valence-corrected chi connectivity index (χ3v) is 2.50. The first-order valence-electron chi connectivity index (χ1n) is 5.96. The summed E-state index contributed by atoms with van der Waals surface area (Å²) in [7, 11) is 0. The molecule has 19 heavy (non-hydrogen) atoms. The van der Waals surface area contributed by atoms with Crippen molar-refractivity contribution in [1.29, 1.82) is 0 Å². The summed E-state index contributed by atoms with van der Waals surface area (Å²) in [5.74, 6) is -0.495. The highest BCUT2D eigenvalue weighted by Crippen LogP contribution is 2.05. The second kappa shape index (κ2) is 6.75. The molecule has 0 aromatic heterocycles. The normalized spacial score (nSPS) is 14.3. The molecular formula is C13H17NO5. The molecular weight excluding hydrogens is 250 g/mol. The fourth-order valence-corrected chi connectivity index (χ4v) is 1.43. The van der Waals surface area contributed by atoms with Gasteiger partial charge in [0, 0.05) is 1.43 Å². The molecule has 1 heterocycles. The summed E-state index contributed by atoms with van der Waals surface area (Å²) in [5, 5.41) is 2.33. The second-order valence-corrected chi connectivity index (χ2v) is 4.06. The Hall–Kier alpha value is -2.08. The predicted molar refractivity (Wildman–Crippen MR) is 67.4 cm³/mol. The zero-order chi connectivity index (χ0) is 13.5. The summed E-state index contributed by atoms with van der Waals surface area (Å²) >= 11 is 0. The number of esters is 1. The number of carbonyl (C=O) groups excluding carboxylic acids is 2. The molecule has 104 valence electrons. The maximum Gasteiger partial charge on any atom is 0.407 e. The number of rotatable bonds is 5. The van der Waals surface area contributed by atoms with Crippen molar-refractivity contribution in [3.8, 4) is 0 Å². The van der Waals surface area contributed by atoms with Crippen molar-refractivity contribution in [3.05, 3.63) is 35.9 Å². The molecule has 6 nitrogen and oxygen atoms in total. The second-order valence-electron chi connectivity index (χ2n) is 4.06. The number of ether oxygens (including phenoxy) is 3. The third-order valence-electron chi connectivity index (χ3n) is 2.50. The Morgan fingerprint density at radius 3 is 2.68 bits per heavy atom. The molecule has 0 bridgehead atoms. The van der Waals surface area contributed by atoms with Gasteiger partial charge in [-0.15, -0.1) is 0 Å². The highest BCUT2D eigenvalue weighted by molar-refractivity contribution is 5.78. The Morgan fingerprint density at radius 1 is 1.32 bits per heavy atom. The van der Waals surface area contributed by atoms with Crippen LogP contribution in [0.5, 0.6) is 0 Å². The van der Waals surface area contributed by atoms with E-state index >= 15 is 0 Å². The van der Waals surface area contributed by atoms with Gasteiger partial charge in [0.1, 0.15) is 19.3 Å². The smallest absolute Gasteiger partial charge is 0.407 e. The Morgan fingerprint density at radius 2 is 2.05 bits per heavy atom. The van der Waals surface area contributed by atoms with Crippen LogP contribution in [0, 0.1) is 0 Å². The van der Waals surface area contributed by atoms with E-state index in [1.54, 1.807) is 0 Å². The molecule has 0 unspecified atom stereocenters. The van der Waals surface area contributed by atoms with Gasteiger partial charge in [0.25, 0.3) is 0 Å². The monoisotopic (exact) mass is 267 g/mol. The number of hydrogen-bond acceptors (Lipinski definition) is 5. The Balaban J connectivity index is 0.00000200. The molecule has 1 aliphatic heterocycles. The SMILES string of the molecule is O=C(CNC(=O)OCc1ccccc1)OC1COC1.[HH]. The van der Waals surface area contributed by atoms with Crippen LogP contribution in [0.3, 0.4) is 0 Å². The standard InChI is InChI=1S/C13H15NO5.H2/c15-12(19-11-8-17-9-11)6-14-13(16)18-7-10-4-2-1-3-5-10;/h1-5,11H,6-9H2,(H,14,16);1H. The van der Waals surface area contributed by atoms with Crippen LogP contribution in [0.1, 0.15) is 6.99 Å². The summed E-state index contributed by atoms with van der Waals surface area (Å²) in [4.78, 5) is 22.6. The average Bonchev–Trinajstić information content (AvgIpc) is 2.39. The van der Waals surface area contributed by atoms with Crippen LogP contribution in [0.15, 0.2) is 30.3 Å². The molecule has 1 N–H and O–H groups in total. The summed E-state index contributed by atoms with van der Waals surface area (Å²) in [6.45, 7) is 0.802. The lowest BCUT2D eigenvalue weighted by Gasteiger charge is -2.25. The molecule has 1 saturated heterocycles. The first-order valence-corrected chi connectivity index (χ1v) is 5.96. The van der Waals surface area contributed by atoms with E-state index in [2.05, 4.69) is 5.32 Å². The average molecular weight is 267 g/mol. The van der Waals surface area contributed by atoms with Gasteiger partial charge in [0.15, 0.2) is 0 Å². The van der Waals surface area contributed by atoms with E-state index in [1.165, 1.54) is 0 Å². The highest BCUT2D eigenvalue weighted by Gasteiger charge is 2.22. The molecule has 0 aliphatic carbocycles. The van der Waals surface area contributed by atoms with Gasteiger partial charge >= 0.3 is 12.1 Å². The van der Waals surface area contributed by atoms with E-state index in [9.17, 15) is 9.59 Å². The molecule has 2 rings (SSSR count). The number of hydrogen-bond donors (Lipinski definition) is 1. The van der Waals surface area contributed by atoms with Gasteiger partial charge in [-0.1, -0.05) is 30.3 Å². The Labute approximate surface area is 112 Å². The van der Waals surface area contributed by atoms with E-state index in [0.29, 0.717) is 13.2 Å². The number of benzene rings is 1. The van der Waals surface area contributed by atoms with Gasteiger partial charge in [-0.25, -0.2) is 4.79 Å². The van der Waals surface area contributed by atoms with E-state index in [1.807, 2.05) is 30.3 Å². The molecule has 0 saturated carbocycles. The quantitative estimate of drug-likeness (QED) is 0.809.